The second-order valence-corrected chi connectivity index (χ2v) is 6.09. The quantitative estimate of drug-likeness (QED) is 0.846. The van der Waals surface area contributed by atoms with E-state index in [0.29, 0.717) is 12.6 Å². The first-order chi connectivity index (χ1) is 11.2. The molecule has 1 aromatic heterocycles. The second kappa shape index (κ2) is 7.21. The van der Waals surface area contributed by atoms with Gasteiger partial charge in [0.2, 0.25) is 0 Å². The zero-order chi connectivity index (χ0) is 16.2. The Hall–Kier alpha value is -1.76. The van der Waals surface area contributed by atoms with E-state index in [-0.39, 0.29) is 12.6 Å². The van der Waals surface area contributed by atoms with E-state index >= 15 is 0 Å². The average molecular weight is 316 g/mol. The molecule has 2 aromatic rings. The Labute approximate surface area is 136 Å². The summed E-state index contributed by atoms with van der Waals surface area (Å²) in [5.74, 6) is 1.80. The molecule has 124 valence electrons. The van der Waals surface area contributed by atoms with Gasteiger partial charge < -0.3 is 15.2 Å². The first kappa shape index (κ1) is 16.1. The lowest BCUT2D eigenvalue weighted by atomic mass is 10.0. The molecule has 0 bridgehead atoms. The fraction of sp³-hybridized carbons (Fsp3) is 0.529. The molecule has 23 heavy (non-hydrogen) atoms. The van der Waals surface area contributed by atoms with Gasteiger partial charge >= 0.3 is 0 Å². The number of nitrogens with zero attached hydrogens (tertiary/aromatic N) is 3. The Morgan fingerprint density at radius 3 is 3.13 bits per heavy atom. The third-order valence-corrected chi connectivity index (χ3v) is 4.29. The Morgan fingerprint density at radius 2 is 2.35 bits per heavy atom. The maximum Gasteiger partial charge on any atom is 0.176 e. The molecule has 6 nitrogen and oxygen atoms in total. The summed E-state index contributed by atoms with van der Waals surface area (Å²) in [7, 11) is 1.66. The fourth-order valence-corrected chi connectivity index (χ4v) is 3.10. The predicted octanol–water partition coefficient (Wildman–Crippen LogP) is 1.58. The molecule has 0 radical (unpaired) electrons. The molecular formula is C17H24N4O2. The first-order valence-electron chi connectivity index (χ1n) is 8.07. The van der Waals surface area contributed by atoms with Crippen molar-refractivity contribution in [3.63, 3.8) is 0 Å². The lowest BCUT2D eigenvalue weighted by Crippen LogP contribution is -2.39. The summed E-state index contributed by atoms with van der Waals surface area (Å²) in [4.78, 5) is 4.51. The predicted molar refractivity (Wildman–Crippen MR) is 86.8 cm³/mol. The molecule has 0 saturated carbocycles. The largest absolute Gasteiger partial charge is 0.392 e. The smallest absolute Gasteiger partial charge is 0.176 e. The van der Waals surface area contributed by atoms with Crippen LogP contribution in [0.4, 0.5) is 0 Å². The number of fused-ring (bicyclic) bond motifs is 1. The van der Waals surface area contributed by atoms with Gasteiger partial charge in [0, 0.05) is 25.6 Å². The third-order valence-electron chi connectivity index (χ3n) is 4.29. The van der Waals surface area contributed by atoms with Crippen molar-refractivity contribution in [3.8, 4) is 0 Å². The summed E-state index contributed by atoms with van der Waals surface area (Å²) in [6.07, 6.45) is 1.98. The molecule has 2 atom stereocenters. The van der Waals surface area contributed by atoms with Gasteiger partial charge in [-0.05, 0) is 24.5 Å². The Morgan fingerprint density at radius 1 is 1.48 bits per heavy atom. The van der Waals surface area contributed by atoms with Crippen LogP contribution in [0.25, 0.3) is 0 Å². The van der Waals surface area contributed by atoms with Crippen molar-refractivity contribution in [1.82, 2.24) is 20.1 Å². The summed E-state index contributed by atoms with van der Waals surface area (Å²) < 4.78 is 7.09. The molecule has 0 aliphatic carbocycles. The molecule has 1 aliphatic rings. The highest BCUT2D eigenvalue weighted by atomic mass is 16.5. The van der Waals surface area contributed by atoms with Crippen LogP contribution >= 0.6 is 0 Å². The lowest BCUT2D eigenvalue weighted by Gasteiger charge is -2.27. The van der Waals surface area contributed by atoms with E-state index in [0.717, 1.165) is 36.6 Å². The normalized spacial score (nSPS) is 18.7. The van der Waals surface area contributed by atoms with E-state index in [1.165, 1.54) is 5.56 Å². The minimum absolute atomic E-state index is 0.0780. The van der Waals surface area contributed by atoms with Gasteiger partial charge in [0.05, 0.1) is 13.2 Å². The summed E-state index contributed by atoms with van der Waals surface area (Å²) in [6, 6.07) is 8.68. The minimum atomic E-state index is 0.0780. The van der Waals surface area contributed by atoms with Gasteiger partial charge in [-0.3, -0.25) is 0 Å². The van der Waals surface area contributed by atoms with Gasteiger partial charge in [-0.25, -0.2) is 9.67 Å². The number of nitrogens with one attached hydrogen (secondary N) is 1. The first-order valence-corrected chi connectivity index (χ1v) is 8.07. The number of aliphatic hydroxyl groups excluding tert-OH is 1. The summed E-state index contributed by atoms with van der Waals surface area (Å²) >= 11 is 0. The van der Waals surface area contributed by atoms with E-state index in [9.17, 15) is 5.11 Å². The number of ether oxygens (including phenoxy) is 1. The molecule has 1 aliphatic heterocycles. The van der Waals surface area contributed by atoms with Crippen LogP contribution in [0.15, 0.2) is 24.3 Å². The van der Waals surface area contributed by atoms with Crippen LogP contribution in [0, 0.1) is 0 Å². The van der Waals surface area contributed by atoms with Crippen molar-refractivity contribution < 1.29 is 9.84 Å². The number of benzene rings is 1. The second-order valence-electron chi connectivity index (χ2n) is 6.09. The zero-order valence-corrected chi connectivity index (χ0v) is 13.7. The Bertz CT molecular complexity index is 656. The molecule has 0 spiro atoms. The Balaban J connectivity index is 1.64. The molecule has 1 aromatic carbocycles. The minimum Gasteiger partial charge on any atom is -0.392 e. The molecule has 6 heteroatoms. The van der Waals surface area contributed by atoms with Crippen LogP contribution in [-0.4, -0.2) is 33.0 Å². The van der Waals surface area contributed by atoms with Crippen LogP contribution in [0.2, 0.25) is 0 Å². The topological polar surface area (TPSA) is 72.2 Å². The maximum absolute atomic E-state index is 9.27. The Kier molecular flexibility index (Phi) is 5.05. The van der Waals surface area contributed by atoms with Crippen LogP contribution in [0.5, 0.6) is 0 Å². The van der Waals surface area contributed by atoms with E-state index in [1.807, 2.05) is 16.8 Å². The highest BCUT2D eigenvalue weighted by molar-refractivity contribution is 5.25. The van der Waals surface area contributed by atoms with Gasteiger partial charge in [0.15, 0.2) is 5.82 Å². The fourth-order valence-electron chi connectivity index (χ4n) is 3.10. The third kappa shape index (κ3) is 3.77. The van der Waals surface area contributed by atoms with E-state index in [1.54, 1.807) is 7.11 Å². The maximum atomic E-state index is 9.27. The van der Waals surface area contributed by atoms with E-state index in [4.69, 9.17) is 4.74 Å². The number of aliphatic hydroxyl groups is 1. The number of rotatable bonds is 6. The van der Waals surface area contributed by atoms with Crippen LogP contribution in [0.3, 0.4) is 0 Å². The van der Waals surface area contributed by atoms with Crippen LogP contribution in [-0.2, 0) is 30.9 Å². The highest BCUT2D eigenvalue weighted by Gasteiger charge is 2.23. The van der Waals surface area contributed by atoms with Crippen molar-refractivity contribution in [1.29, 1.82) is 0 Å². The van der Waals surface area contributed by atoms with Gasteiger partial charge in [0.25, 0.3) is 0 Å². The van der Waals surface area contributed by atoms with Crippen molar-refractivity contribution >= 4 is 0 Å². The molecule has 0 fully saturated rings. The van der Waals surface area contributed by atoms with Gasteiger partial charge in [-0.2, -0.15) is 5.10 Å². The zero-order valence-electron chi connectivity index (χ0n) is 13.7. The summed E-state index contributed by atoms with van der Waals surface area (Å²) in [5, 5.41) is 17.4. The molecular weight excluding hydrogens is 292 g/mol. The van der Waals surface area contributed by atoms with Crippen LogP contribution in [0.1, 0.15) is 42.2 Å². The molecule has 3 rings (SSSR count). The van der Waals surface area contributed by atoms with Gasteiger partial charge in [-0.1, -0.05) is 24.3 Å². The van der Waals surface area contributed by atoms with Crippen molar-refractivity contribution in [2.24, 2.45) is 0 Å². The summed E-state index contributed by atoms with van der Waals surface area (Å²) in [6.45, 7) is 3.52. The number of aromatic nitrogens is 3. The molecule has 2 heterocycles. The lowest BCUT2D eigenvalue weighted by molar-refractivity contribution is 0.177. The van der Waals surface area contributed by atoms with Crippen molar-refractivity contribution in [2.45, 2.75) is 51.6 Å². The average Bonchev–Trinajstić information content (AvgIpc) is 2.97. The number of methoxy groups -OCH3 is 1. The standard InChI is InChI=1S/C17H24N4O2/c1-12(14-5-3-4-13(8-14)10-22)18-15-6-7-17-19-16(11-23-2)20-21(17)9-15/h3-5,8,12,15,18,22H,6-7,9-11H2,1-2H3. The molecule has 2 N–H and O–H groups in total. The monoisotopic (exact) mass is 316 g/mol. The molecule has 0 amide bonds. The number of aryl methyl sites for hydroxylation is 1. The van der Waals surface area contributed by atoms with Gasteiger partial charge in [0.1, 0.15) is 12.4 Å². The van der Waals surface area contributed by atoms with Crippen molar-refractivity contribution in [3.05, 3.63) is 47.0 Å². The van der Waals surface area contributed by atoms with Gasteiger partial charge in [-0.15, -0.1) is 0 Å². The van der Waals surface area contributed by atoms with Crippen molar-refractivity contribution in [2.75, 3.05) is 7.11 Å². The molecule has 0 saturated heterocycles. The highest BCUT2D eigenvalue weighted by Crippen LogP contribution is 2.19. The number of hydrogen-bond acceptors (Lipinski definition) is 5. The number of hydrogen-bond donors (Lipinski definition) is 2. The van der Waals surface area contributed by atoms with E-state index < -0.39 is 0 Å². The van der Waals surface area contributed by atoms with Crippen LogP contribution < -0.4 is 5.32 Å². The molecule has 2 unspecified atom stereocenters. The van der Waals surface area contributed by atoms with E-state index in [2.05, 4.69) is 34.5 Å². The summed E-state index contributed by atoms with van der Waals surface area (Å²) in [5.41, 5.74) is 2.14. The SMILES string of the molecule is COCc1nc2n(n1)CC(NC(C)c1cccc(CO)c1)CC2.